The third-order valence-corrected chi connectivity index (χ3v) is 15.6. The minimum Gasteiger partial charge on any atom is -0.465 e. The second-order valence-corrected chi connectivity index (χ2v) is 18.4. The Morgan fingerprint density at radius 1 is 0.338 bits per heavy atom. The fourth-order valence-corrected chi connectivity index (χ4v) is 10.0. The number of rotatable bonds is 8. The summed E-state index contributed by atoms with van der Waals surface area (Å²) in [5, 5.41) is 0. The molecule has 0 saturated heterocycles. The van der Waals surface area contributed by atoms with Gasteiger partial charge in [0, 0.05) is 44.3 Å². The second-order valence-electron chi connectivity index (χ2n) is 15.2. The largest absolute Gasteiger partial charge is 0.465 e. The molecule has 0 aliphatic carbocycles. The molecule has 0 amide bonds. The lowest BCUT2D eigenvalue weighted by Crippen LogP contribution is -2.00. The van der Waals surface area contributed by atoms with Crippen molar-refractivity contribution in [2.45, 2.75) is 0 Å². The van der Waals surface area contributed by atoms with E-state index in [1.165, 1.54) is 28.4 Å². The average Bonchev–Trinajstić information content (AvgIpc) is 4.17. The van der Waals surface area contributed by atoms with E-state index >= 15 is 0 Å². The van der Waals surface area contributed by atoms with E-state index in [2.05, 4.69) is 73.7 Å². The standard InChI is InChI=1S/C52H34Br4N4O8/c1-65-49(61)29-13-5-25(6-14-29)37-33-21-22-34(57-33)38(26-7-15-30(16-8-26)50(62)66-2)47-43(55)44(56)48(60-47)40(28-11-19-32(20-12-28)52(64)68-4)36-24-23-35(58-36)39(46-42(54)41(53)45(37)59-46)27-9-17-31(18-10-27)51(63)67-3/h5-24,57-58H,1-4H3. The van der Waals surface area contributed by atoms with Gasteiger partial charge in [0.1, 0.15) is 0 Å². The highest BCUT2D eigenvalue weighted by Gasteiger charge is 2.28. The van der Waals surface area contributed by atoms with Gasteiger partial charge in [0.25, 0.3) is 0 Å². The van der Waals surface area contributed by atoms with Crippen molar-refractivity contribution in [3.05, 3.63) is 166 Å². The zero-order valence-electron chi connectivity index (χ0n) is 36.2. The van der Waals surface area contributed by atoms with Crippen molar-refractivity contribution in [3.63, 3.8) is 0 Å². The number of hydrogen-bond acceptors (Lipinski definition) is 10. The van der Waals surface area contributed by atoms with Crippen molar-refractivity contribution < 1.29 is 38.1 Å². The van der Waals surface area contributed by atoms with Gasteiger partial charge >= 0.3 is 23.9 Å². The van der Waals surface area contributed by atoms with Gasteiger partial charge < -0.3 is 28.9 Å². The molecule has 0 radical (unpaired) electrons. The second kappa shape index (κ2) is 19.1. The molecule has 16 heteroatoms. The summed E-state index contributed by atoms with van der Waals surface area (Å²) in [6, 6.07) is 36.1. The summed E-state index contributed by atoms with van der Waals surface area (Å²) in [4.78, 5) is 68.7. The summed E-state index contributed by atoms with van der Waals surface area (Å²) in [5.74, 6) is -1.90. The molecular weight excluding hydrogens is 1130 g/mol. The molecule has 0 fully saturated rings. The molecule has 0 saturated carbocycles. The predicted octanol–water partition coefficient (Wildman–Crippen LogP) is 13.4. The summed E-state index contributed by atoms with van der Waals surface area (Å²) < 4.78 is 22.6. The monoisotopic (exact) mass is 1160 g/mol. The van der Waals surface area contributed by atoms with E-state index in [1.54, 1.807) is 48.5 Å². The third kappa shape index (κ3) is 8.35. The van der Waals surface area contributed by atoms with Crippen LogP contribution in [0, 0.1) is 0 Å². The average molecular weight is 1160 g/mol. The van der Waals surface area contributed by atoms with E-state index in [0.717, 1.165) is 22.3 Å². The van der Waals surface area contributed by atoms with Crippen molar-refractivity contribution in [2.75, 3.05) is 28.4 Å². The summed E-state index contributed by atoms with van der Waals surface area (Å²) in [6.45, 7) is 0. The van der Waals surface area contributed by atoms with E-state index < -0.39 is 23.9 Å². The normalized spacial score (nSPS) is 12.2. The number of carbonyl (C=O) groups excluding carboxylic acids is 4. The Morgan fingerprint density at radius 3 is 0.706 bits per heavy atom. The van der Waals surface area contributed by atoms with Crippen LogP contribution in [0.3, 0.4) is 0 Å². The summed E-state index contributed by atoms with van der Waals surface area (Å²) in [5.41, 5.74) is 12.1. The van der Waals surface area contributed by atoms with Crippen molar-refractivity contribution >= 4 is 128 Å². The molecule has 2 aliphatic rings. The molecule has 7 aromatic rings. The molecule has 0 atom stereocenters. The van der Waals surface area contributed by atoms with Gasteiger partial charge in [0.05, 0.1) is 91.4 Å². The topological polar surface area (TPSA) is 163 Å². The fraction of sp³-hybridized carbons (Fsp3) is 0.0769. The predicted molar refractivity (Wildman–Crippen MR) is 277 cm³/mol. The molecule has 0 unspecified atom stereocenters. The Bertz CT molecular complexity index is 3030. The van der Waals surface area contributed by atoms with Gasteiger partial charge in [-0.1, -0.05) is 48.5 Å². The van der Waals surface area contributed by atoms with Crippen LogP contribution < -0.4 is 0 Å². The summed E-state index contributed by atoms with van der Waals surface area (Å²) >= 11 is 15.7. The Morgan fingerprint density at radius 2 is 0.529 bits per heavy atom. The van der Waals surface area contributed by atoms with Gasteiger partial charge in [-0.15, -0.1) is 0 Å². The molecule has 12 nitrogen and oxygen atoms in total. The van der Waals surface area contributed by atoms with Crippen LogP contribution in [0.5, 0.6) is 0 Å². The van der Waals surface area contributed by atoms with Gasteiger partial charge in [0.15, 0.2) is 0 Å². The van der Waals surface area contributed by atoms with Crippen LogP contribution in [0.2, 0.25) is 0 Å². The number of hydrogen-bond donors (Lipinski definition) is 2. The lowest BCUT2D eigenvalue weighted by molar-refractivity contribution is 0.0592. The molecule has 5 heterocycles. The first kappa shape index (κ1) is 46.4. The van der Waals surface area contributed by atoms with E-state index in [4.69, 9.17) is 28.9 Å². The molecular formula is C52H34Br4N4O8. The number of aromatic amines is 2. The van der Waals surface area contributed by atoms with E-state index in [-0.39, 0.29) is 0 Å². The summed E-state index contributed by atoms with van der Waals surface area (Å²) in [6.07, 6.45) is 0. The van der Waals surface area contributed by atoms with Gasteiger partial charge in [-0.25, -0.2) is 29.1 Å². The summed E-state index contributed by atoms with van der Waals surface area (Å²) in [7, 11) is 5.34. The van der Waals surface area contributed by atoms with Crippen molar-refractivity contribution in [1.29, 1.82) is 0 Å². The quantitative estimate of drug-likeness (QED) is 0.111. The molecule has 9 rings (SSSR count). The molecule has 3 aromatic heterocycles. The van der Waals surface area contributed by atoms with Crippen molar-refractivity contribution in [1.82, 2.24) is 19.9 Å². The Balaban J connectivity index is 1.48. The first-order valence-corrected chi connectivity index (χ1v) is 23.7. The molecule has 68 heavy (non-hydrogen) atoms. The first-order valence-electron chi connectivity index (χ1n) is 20.5. The van der Waals surface area contributed by atoms with Gasteiger partial charge in [0.2, 0.25) is 0 Å². The van der Waals surface area contributed by atoms with Gasteiger partial charge in [-0.3, -0.25) is 0 Å². The first-order chi connectivity index (χ1) is 32.8. The van der Waals surface area contributed by atoms with Crippen LogP contribution in [-0.4, -0.2) is 72.3 Å². The Labute approximate surface area is 422 Å². The molecule has 0 spiro atoms. The van der Waals surface area contributed by atoms with E-state index in [0.29, 0.717) is 107 Å². The number of halogens is 4. The van der Waals surface area contributed by atoms with E-state index in [9.17, 15) is 19.2 Å². The minimum absolute atomic E-state index is 0.373. The smallest absolute Gasteiger partial charge is 0.337 e. The minimum atomic E-state index is -0.475. The van der Waals surface area contributed by atoms with Crippen molar-refractivity contribution in [2.24, 2.45) is 0 Å². The van der Waals surface area contributed by atoms with E-state index in [1.807, 2.05) is 72.8 Å². The van der Waals surface area contributed by atoms with Gasteiger partial charge in [-0.05, 0) is 159 Å². The molecule has 8 bridgehead atoms. The van der Waals surface area contributed by atoms with Crippen molar-refractivity contribution in [3.8, 4) is 44.5 Å². The van der Waals surface area contributed by atoms with Crippen LogP contribution in [0.25, 0.3) is 84.5 Å². The number of methoxy groups -OCH3 is 4. The molecule has 4 aromatic carbocycles. The Hall–Kier alpha value is -6.72. The van der Waals surface area contributed by atoms with Crippen LogP contribution in [-0.2, 0) is 18.9 Å². The lowest BCUT2D eigenvalue weighted by atomic mass is 10.0. The number of esters is 4. The maximum atomic E-state index is 12.6. The lowest BCUT2D eigenvalue weighted by Gasteiger charge is -2.09. The van der Waals surface area contributed by atoms with Gasteiger partial charge in [-0.2, -0.15) is 0 Å². The third-order valence-electron chi connectivity index (χ3n) is 11.4. The highest BCUT2D eigenvalue weighted by Crippen LogP contribution is 2.49. The molecule has 338 valence electrons. The number of H-pyrrole nitrogens is 2. The van der Waals surface area contributed by atoms with Crippen LogP contribution in [0.15, 0.2) is 121 Å². The number of nitrogens with one attached hydrogen (secondary N) is 2. The van der Waals surface area contributed by atoms with Crippen LogP contribution in [0.4, 0.5) is 0 Å². The number of benzene rings is 4. The fourth-order valence-electron chi connectivity index (χ4n) is 8.11. The number of carbonyl (C=O) groups is 4. The maximum Gasteiger partial charge on any atom is 0.337 e. The highest BCUT2D eigenvalue weighted by molar-refractivity contribution is 9.18. The number of aromatic nitrogens is 4. The highest BCUT2D eigenvalue weighted by atomic mass is 79.9. The van der Waals surface area contributed by atoms with Crippen LogP contribution >= 0.6 is 63.7 Å². The number of ether oxygens (including phenoxy) is 4. The zero-order chi connectivity index (χ0) is 48.0. The Kier molecular flexibility index (Phi) is 13.0. The SMILES string of the molecule is COC(=O)c1ccc(-c2c3nc(c(-c4ccc(C(=O)OC)cc4)c4ccc([nH]4)c(-c4ccc(C(=O)OC)cc4)c4nc(c(-c5ccc(C(=O)OC)cc5)c5ccc2[nH]5)C(Br)=C4Br)C(Br)=C3Br)cc1. The number of nitrogens with zero attached hydrogens (tertiary/aromatic N) is 2. The molecule has 2 aliphatic heterocycles. The maximum absolute atomic E-state index is 12.6. The molecule has 2 N–H and O–H groups in total. The van der Waals surface area contributed by atoms with Crippen LogP contribution in [0.1, 0.15) is 64.2 Å². The number of fused-ring (bicyclic) bond motifs is 8. The zero-order valence-corrected chi connectivity index (χ0v) is 42.6.